The van der Waals surface area contributed by atoms with Crippen LogP contribution in [0.15, 0.2) is 24.3 Å². The quantitative estimate of drug-likeness (QED) is 0.902. The summed E-state index contributed by atoms with van der Waals surface area (Å²) in [7, 11) is 1.72. The van der Waals surface area contributed by atoms with Gasteiger partial charge in [0.1, 0.15) is 0 Å². The number of carbonyl (C=O) groups excluding carboxylic acids is 1. The monoisotopic (exact) mass is 276 g/mol. The summed E-state index contributed by atoms with van der Waals surface area (Å²) in [6.07, 6.45) is 1.39. The third-order valence-electron chi connectivity index (χ3n) is 3.75. The fourth-order valence-corrected chi connectivity index (χ4v) is 2.44. The minimum atomic E-state index is -0.819. The van der Waals surface area contributed by atoms with Gasteiger partial charge in [0.25, 0.3) is 0 Å². The number of amides is 2. The Balaban J connectivity index is 2.06. The molecule has 1 aliphatic rings. The number of benzene rings is 1. The zero-order valence-corrected chi connectivity index (χ0v) is 11.9. The molecule has 5 heteroatoms. The van der Waals surface area contributed by atoms with Crippen LogP contribution in [0.25, 0.3) is 0 Å². The number of carboxylic acids is 1. The predicted molar refractivity (Wildman–Crippen MR) is 76.9 cm³/mol. The second-order valence-corrected chi connectivity index (χ2v) is 5.30. The molecule has 20 heavy (non-hydrogen) atoms. The van der Waals surface area contributed by atoms with Gasteiger partial charge in [-0.3, -0.25) is 9.69 Å². The van der Waals surface area contributed by atoms with E-state index in [1.54, 1.807) is 16.8 Å². The van der Waals surface area contributed by atoms with Crippen LogP contribution < -0.4 is 4.90 Å². The van der Waals surface area contributed by atoms with Crippen molar-refractivity contribution in [2.45, 2.75) is 19.8 Å². The van der Waals surface area contributed by atoms with E-state index in [0.29, 0.717) is 19.5 Å². The smallest absolute Gasteiger partial charge is 0.324 e. The molecule has 108 valence electrons. The Bertz CT molecular complexity index is 498. The molecule has 1 atom stereocenters. The van der Waals surface area contributed by atoms with Gasteiger partial charge in [-0.25, -0.2) is 4.79 Å². The van der Waals surface area contributed by atoms with Crippen LogP contribution in [0.5, 0.6) is 0 Å². The van der Waals surface area contributed by atoms with E-state index in [1.165, 1.54) is 0 Å². The summed E-state index contributed by atoms with van der Waals surface area (Å²) in [5.41, 5.74) is 1.96. The van der Waals surface area contributed by atoms with E-state index < -0.39 is 11.9 Å². The zero-order chi connectivity index (χ0) is 14.7. The normalized spacial score (nSPS) is 18.7. The molecule has 2 amide bonds. The van der Waals surface area contributed by atoms with Gasteiger partial charge in [0, 0.05) is 25.8 Å². The summed E-state index contributed by atoms with van der Waals surface area (Å²) in [4.78, 5) is 26.7. The largest absolute Gasteiger partial charge is 0.481 e. The summed E-state index contributed by atoms with van der Waals surface area (Å²) in [5, 5.41) is 9.07. The van der Waals surface area contributed by atoms with Crippen molar-refractivity contribution in [2.24, 2.45) is 5.92 Å². The van der Waals surface area contributed by atoms with Crippen LogP contribution >= 0.6 is 0 Å². The molecule has 0 spiro atoms. The Hall–Kier alpha value is -2.04. The Labute approximate surface area is 118 Å². The first kappa shape index (κ1) is 14.4. The molecule has 0 unspecified atom stereocenters. The first-order chi connectivity index (χ1) is 9.49. The number of rotatable bonds is 2. The van der Waals surface area contributed by atoms with Gasteiger partial charge < -0.3 is 10.0 Å². The van der Waals surface area contributed by atoms with Gasteiger partial charge in [-0.1, -0.05) is 17.7 Å². The van der Waals surface area contributed by atoms with Crippen molar-refractivity contribution in [2.75, 3.05) is 25.0 Å². The number of aliphatic carboxylic acids is 1. The number of aryl methyl sites for hydroxylation is 1. The molecule has 1 N–H and O–H groups in total. The van der Waals surface area contributed by atoms with Gasteiger partial charge in [-0.05, 0) is 31.9 Å². The molecule has 1 aromatic rings. The Morgan fingerprint density at radius 3 is 2.55 bits per heavy atom. The summed E-state index contributed by atoms with van der Waals surface area (Å²) in [6.45, 7) is 2.91. The molecule has 0 bridgehead atoms. The number of hydrogen-bond acceptors (Lipinski definition) is 2. The van der Waals surface area contributed by atoms with E-state index in [0.717, 1.165) is 17.7 Å². The van der Waals surface area contributed by atoms with E-state index >= 15 is 0 Å². The molecule has 5 nitrogen and oxygen atoms in total. The average Bonchev–Trinajstić information content (AvgIpc) is 2.46. The second-order valence-electron chi connectivity index (χ2n) is 5.30. The molecule has 0 radical (unpaired) electrons. The fourth-order valence-electron chi connectivity index (χ4n) is 2.44. The van der Waals surface area contributed by atoms with Crippen LogP contribution in [0.2, 0.25) is 0 Å². The fraction of sp³-hybridized carbons (Fsp3) is 0.467. The third-order valence-corrected chi connectivity index (χ3v) is 3.75. The highest BCUT2D eigenvalue weighted by Crippen LogP contribution is 2.20. The molecule has 1 fully saturated rings. The predicted octanol–water partition coefficient (Wildman–Crippen LogP) is 2.35. The summed E-state index contributed by atoms with van der Waals surface area (Å²) in [6, 6.07) is 7.56. The van der Waals surface area contributed by atoms with Crippen LogP contribution in [-0.4, -0.2) is 42.1 Å². The van der Waals surface area contributed by atoms with Crippen LogP contribution in [0.3, 0.4) is 0 Å². The first-order valence-electron chi connectivity index (χ1n) is 6.81. The third kappa shape index (κ3) is 3.10. The van der Waals surface area contributed by atoms with Crippen molar-refractivity contribution in [1.29, 1.82) is 0 Å². The van der Waals surface area contributed by atoms with Gasteiger partial charge in [-0.15, -0.1) is 0 Å². The lowest BCUT2D eigenvalue weighted by Crippen LogP contribution is -2.47. The van der Waals surface area contributed by atoms with E-state index in [1.807, 2.05) is 31.2 Å². The minimum Gasteiger partial charge on any atom is -0.481 e. The molecule has 1 aliphatic heterocycles. The molecule has 0 aromatic heterocycles. The number of nitrogens with zero attached hydrogens (tertiary/aromatic N) is 2. The van der Waals surface area contributed by atoms with Gasteiger partial charge >= 0.3 is 12.0 Å². The Morgan fingerprint density at radius 1 is 1.30 bits per heavy atom. The number of piperidine rings is 1. The molecular formula is C15H20N2O3. The molecule has 0 saturated carbocycles. The van der Waals surface area contributed by atoms with Crippen LogP contribution in [0.1, 0.15) is 18.4 Å². The zero-order valence-electron chi connectivity index (χ0n) is 11.9. The maximum Gasteiger partial charge on any atom is 0.324 e. The Morgan fingerprint density at radius 2 is 1.95 bits per heavy atom. The topological polar surface area (TPSA) is 60.9 Å². The van der Waals surface area contributed by atoms with Gasteiger partial charge in [0.05, 0.1) is 5.92 Å². The average molecular weight is 276 g/mol. The molecule has 0 aliphatic carbocycles. The van der Waals surface area contributed by atoms with Crippen LogP contribution in [0, 0.1) is 12.8 Å². The van der Waals surface area contributed by atoms with Crippen molar-refractivity contribution in [3.8, 4) is 0 Å². The van der Waals surface area contributed by atoms with Crippen molar-refractivity contribution < 1.29 is 14.7 Å². The van der Waals surface area contributed by atoms with Crippen molar-refractivity contribution in [1.82, 2.24) is 4.90 Å². The van der Waals surface area contributed by atoms with Gasteiger partial charge in [0.15, 0.2) is 0 Å². The lowest BCUT2D eigenvalue weighted by Gasteiger charge is -2.33. The first-order valence-corrected chi connectivity index (χ1v) is 6.81. The molecule has 1 heterocycles. The SMILES string of the molecule is Cc1ccc(N(C)C(=O)N2CCC[C@H](C(=O)O)C2)cc1. The van der Waals surface area contributed by atoms with Crippen molar-refractivity contribution in [3.63, 3.8) is 0 Å². The highest BCUT2D eigenvalue weighted by molar-refractivity contribution is 5.91. The van der Waals surface area contributed by atoms with E-state index in [4.69, 9.17) is 5.11 Å². The summed E-state index contributed by atoms with van der Waals surface area (Å²) < 4.78 is 0. The molecule has 1 aromatic carbocycles. The minimum absolute atomic E-state index is 0.139. The van der Waals surface area contributed by atoms with Gasteiger partial charge in [-0.2, -0.15) is 0 Å². The second kappa shape index (κ2) is 5.94. The maximum atomic E-state index is 12.4. The van der Waals surface area contributed by atoms with Crippen LogP contribution in [0.4, 0.5) is 10.5 Å². The molecular weight excluding hydrogens is 256 g/mol. The highest BCUT2D eigenvalue weighted by Gasteiger charge is 2.29. The number of carbonyl (C=O) groups is 2. The number of likely N-dealkylation sites (tertiary alicyclic amines) is 1. The Kier molecular flexibility index (Phi) is 4.27. The number of anilines is 1. The standard InChI is InChI=1S/C15H20N2O3/c1-11-5-7-13(8-6-11)16(2)15(20)17-9-3-4-12(10-17)14(18)19/h5-8,12H,3-4,9-10H2,1-2H3,(H,18,19)/t12-/m0/s1. The van der Waals surface area contributed by atoms with Gasteiger partial charge in [0.2, 0.25) is 0 Å². The highest BCUT2D eigenvalue weighted by atomic mass is 16.4. The van der Waals surface area contributed by atoms with Crippen molar-refractivity contribution >= 4 is 17.7 Å². The molecule has 2 rings (SSSR count). The van der Waals surface area contributed by atoms with Crippen LogP contribution in [-0.2, 0) is 4.79 Å². The van der Waals surface area contributed by atoms with Crippen molar-refractivity contribution in [3.05, 3.63) is 29.8 Å². The lowest BCUT2D eigenvalue weighted by molar-refractivity contribution is -0.143. The molecule has 1 saturated heterocycles. The van der Waals surface area contributed by atoms with E-state index in [-0.39, 0.29) is 6.03 Å². The van der Waals surface area contributed by atoms with E-state index in [9.17, 15) is 9.59 Å². The number of urea groups is 1. The number of hydrogen-bond donors (Lipinski definition) is 1. The number of carboxylic acid groups (broad SMARTS) is 1. The maximum absolute atomic E-state index is 12.4. The van der Waals surface area contributed by atoms with E-state index in [2.05, 4.69) is 0 Å². The summed E-state index contributed by atoms with van der Waals surface area (Å²) in [5.74, 6) is -1.26. The lowest BCUT2D eigenvalue weighted by atomic mass is 9.98. The summed E-state index contributed by atoms with van der Waals surface area (Å²) >= 11 is 0.